The molecule has 5 nitrogen and oxygen atoms in total. The third-order valence-electron chi connectivity index (χ3n) is 5.03. The van der Waals surface area contributed by atoms with Gasteiger partial charge < -0.3 is 11.1 Å². The first-order valence-corrected chi connectivity index (χ1v) is 8.78. The van der Waals surface area contributed by atoms with E-state index >= 15 is 0 Å². The summed E-state index contributed by atoms with van der Waals surface area (Å²) in [4.78, 5) is 12.7. The highest BCUT2D eigenvalue weighted by Crippen LogP contribution is 2.42. The van der Waals surface area contributed by atoms with Crippen molar-refractivity contribution < 1.29 is 4.79 Å². The zero-order chi connectivity index (χ0) is 17.2. The van der Waals surface area contributed by atoms with Crippen LogP contribution in [0.25, 0.3) is 5.69 Å². The first-order valence-electron chi connectivity index (χ1n) is 8.78. The Morgan fingerprint density at radius 2 is 1.92 bits per heavy atom. The summed E-state index contributed by atoms with van der Waals surface area (Å²) in [6.45, 7) is 4.59. The molecule has 0 bridgehead atoms. The normalized spacial score (nSPS) is 14.0. The van der Waals surface area contributed by atoms with Gasteiger partial charge in [0.05, 0.1) is 23.1 Å². The number of nitrogens with zero attached hydrogens (tertiary/aromatic N) is 2. The molecule has 0 unspecified atom stereocenters. The number of para-hydroxylation sites is 1. The maximum atomic E-state index is 12.7. The van der Waals surface area contributed by atoms with Crippen LogP contribution in [0, 0.1) is 0 Å². The molecule has 1 amide bonds. The zero-order valence-corrected chi connectivity index (χ0v) is 15.7. The van der Waals surface area contributed by atoms with Gasteiger partial charge in [0.15, 0.2) is 0 Å². The molecule has 0 aliphatic heterocycles. The molecule has 1 aliphatic rings. The summed E-state index contributed by atoms with van der Waals surface area (Å²) in [5, 5.41) is 7.49. The number of hydrogen-bond donors (Lipinski definition) is 2. The number of benzene rings is 1. The molecule has 1 saturated carbocycles. The number of nitrogens with one attached hydrogen (secondary N) is 1. The fraction of sp³-hybridized carbons (Fsp3) is 0.474. The highest BCUT2D eigenvalue weighted by atomic mass is 35.5. The van der Waals surface area contributed by atoms with E-state index in [2.05, 4.69) is 24.3 Å². The topological polar surface area (TPSA) is 72.9 Å². The number of aromatic nitrogens is 2. The van der Waals surface area contributed by atoms with Crippen molar-refractivity contribution in [3.05, 3.63) is 47.8 Å². The van der Waals surface area contributed by atoms with Gasteiger partial charge >= 0.3 is 0 Å². The van der Waals surface area contributed by atoms with Crippen molar-refractivity contribution in [3.63, 3.8) is 0 Å². The summed E-state index contributed by atoms with van der Waals surface area (Å²) in [7, 11) is 0. The van der Waals surface area contributed by atoms with E-state index in [0.29, 0.717) is 18.0 Å². The Morgan fingerprint density at radius 3 is 2.48 bits per heavy atom. The van der Waals surface area contributed by atoms with Crippen LogP contribution in [-0.4, -0.2) is 27.8 Å². The van der Waals surface area contributed by atoms with Crippen LogP contribution < -0.4 is 11.1 Å². The van der Waals surface area contributed by atoms with Gasteiger partial charge in [-0.25, -0.2) is 4.68 Å². The van der Waals surface area contributed by atoms with E-state index in [1.54, 1.807) is 6.20 Å². The number of nitrogens with two attached hydrogens (primary N) is 1. The molecule has 1 aliphatic carbocycles. The molecule has 1 aromatic heterocycles. The van der Waals surface area contributed by atoms with E-state index in [0.717, 1.165) is 37.1 Å². The second-order valence-electron chi connectivity index (χ2n) is 6.72. The third-order valence-corrected chi connectivity index (χ3v) is 5.03. The second kappa shape index (κ2) is 8.02. The van der Waals surface area contributed by atoms with Crippen LogP contribution in [-0.2, 0) is 0 Å². The lowest BCUT2D eigenvalue weighted by Gasteiger charge is -2.26. The fourth-order valence-corrected chi connectivity index (χ4v) is 2.91. The quantitative estimate of drug-likeness (QED) is 0.792. The van der Waals surface area contributed by atoms with Crippen molar-refractivity contribution in [3.8, 4) is 5.69 Å². The Kier molecular flexibility index (Phi) is 6.25. The monoisotopic (exact) mass is 362 g/mol. The van der Waals surface area contributed by atoms with Gasteiger partial charge in [-0.3, -0.25) is 4.79 Å². The minimum absolute atomic E-state index is 0. The van der Waals surface area contributed by atoms with Gasteiger partial charge in [-0.15, -0.1) is 12.4 Å². The second-order valence-corrected chi connectivity index (χ2v) is 6.72. The van der Waals surface area contributed by atoms with E-state index in [1.165, 1.54) is 0 Å². The molecule has 0 spiro atoms. The number of amides is 1. The fourth-order valence-electron chi connectivity index (χ4n) is 2.91. The van der Waals surface area contributed by atoms with Crippen LogP contribution in [0.5, 0.6) is 0 Å². The molecule has 0 radical (unpaired) electrons. The van der Waals surface area contributed by atoms with Crippen molar-refractivity contribution in [1.82, 2.24) is 15.1 Å². The number of rotatable bonds is 7. The molecule has 136 valence electrons. The van der Waals surface area contributed by atoms with E-state index in [-0.39, 0.29) is 23.9 Å². The van der Waals surface area contributed by atoms with Gasteiger partial charge in [-0.1, -0.05) is 32.0 Å². The van der Waals surface area contributed by atoms with E-state index in [9.17, 15) is 4.79 Å². The molecular formula is C19H27ClN4O. The van der Waals surface area contributed by atoms with Gasteiger partial charge in [0, 0.05) is 18.0 Å². The minimum atomic E-state index is -0.342. The van der Waals surface area contributed by atoms with Crippen molar-refractivity contribution in [2.24, 2.45) is 5.73 Å². The summed E-state index contributed by atoms with van der Waals surface area (Å²) >= 11 is 0. The summed E-state index contributed by atoms with van der Waals surface area (Å²) < 4.78 is 1.90. The van der Waals surface area contributed by atoms with E-state index in [1.807, 2.05) is 35.0 Å². The molecule has 6 heteroatoms. The third kappa shape index (κ3) is 4.22. The summed E-state index contributed by atoms with van der Waals surface area (Å²) in [5.74, 6) is 0.351. The molecule has 1 fully saturated rings. The standard InChI is InChI=1S/C19H26N4O.ClH/c1-3-19(20,4-2)13-21-18(24)16-12-22-23(17(16)14-10-11-14)15-8-6-5-7-9-15;/h5-9,12,14H,3-4,10-11,13,20H2,1-2H3,(H,21,24);1H. The molecule has 3 rings (SSSR count). The Balaban J connectivity index is 0.00000225. The van der Waals surface area contributed by atoms with Gasteiger partial charge in [0.2, 0.25) is 0 Å². The van der Waals surface area contributed by atoms with Crippen LogP contribution in [0.1, 0.15) is 61.5 Å². The highest BCUT2D eigenvalue weighted by Gasteiger charge is 2.33. The minimum Gasteiger partial charge on any atom is -0.350 e. The largest absolute Gasteiger partial charge is 0.350 e. The van der Waals surface area contributed by atoms with Crippen LogP contribution >= 0.6 is 12.4 Å². The average Bonchev–Trinajstić information content (AvgIpc) is 3.38. The lowest BCUT2D eigenvalue weighted by molar-refractivity contribution is 0.0941. The number of hydrogen-bond acceptors (Lipinski definition) is 3. The van der Waals surface area contributed by atoms with Gasteiger partial charge in [-0.2, -0.15) is 5.10 Å². The maximum absolute atomic E-state index is 12.7. The van der Waals surface area contributed by atoms with Gasteiger partial charge in [0.1, 0.15) is 0 Å². The first-order chi connectivity index (χ1) is 11.6. The predicted molar refractivity (Wildman–Crippen MR) is 103 cm³/mol. The smallest absolute Gasteiger partial charge is 0.254 e. The summed E-state index contributed by atoms with van der Waals surface area (Å²) in [6.07, 6.45) is 5.59. The molecular weight excluding hydrogens is 336 g/mol. The molecule has 2 aromatic rings. The lowest BCUT2D eigenvalue weighted by Crippen LogP contribution is -2.49. The number of halogens is 1. The number of carbonyl (C=O) groups is 1. The molecule has 1 heterocycles. The Morgan fingerprint density at radius 1 is 1.28 bits per heavy atom. The van der Waals surface area contributed by atoms with E-state index in [4.69, 9.17) is 5.73 Å². The number of carbonyl (C=O) groups excluding carboxylic acids is 1. The van der Waals surface area contributed by atoms with Gasteiger partial charge in [-0.05, 0) is 37.8 Å². The molecule has 1 aromatic carbocycles. The summed E-state index contributed by atoms with van der Waals surface area (Å²) in [6, 6.07) is 9.98. The first kappa shape index (κ1) is 19.5. The van der Waals surface area contributed by atoms with Crippen molar-refractivity contribution >= 4 is 18.3 Å². The zero-order valence-electron chi connectivity index (χ0n) is 14.9. The molecule has 0 saturated heterocycles. The SMILES string of the molecule is CCC(N)(CC)CNC(=O)c1cnn(-c2ccccc2)c1C1CC1.Cl. The Labute approximate surface area is 155 Å². The average molecular weight is 363 g/mol. The van der Waals surface area contributed by atoms with Crippen LogP contribution in [0.15, 0.2) is 36.5 Å². The van der Waals surface area contributed by atoms with Crippen LogP contribution in [0.3, 0.4) is 0 Å². The van der Waals surface area contributed by atoms with Gasteiger partial charge in [0.25, 0.3) is 5.91 Å². The maximum Gasteiger partial charge on any atom is 0.254 e. The van der Waals surface area contributed by atoms with Crippen LogP contribution in [0.2, 0.25) is 0 Å². The molecule has 25 heavy (non-hydrogen) atoms. The van der Waals surface area contributed by atoms with Crippen LogP contribution in [0.4, 0.5) is 0 Å². The van der Waals surface area contributed by atoms with Crippen molar-refractivity contribution in [2.45, 2.75) is 51.0 Å². The van der Waals surface area contributed by atoms with E-state index < -0.39 is 0 Å². The molecule has 0 atom stereocenters. The van der Waals surface area contributed by atoms with Crippen molar-refractivity contribution in [2.75, 3.05) is 6.54 Å². The molecule has 3 N–H and O–H groups in total. The van der Waals surface area contributed by atoms with Crippen molar-refractivity contribution in [1.29, 1.82) is 0 Å². The highest BCUT2D eigenvalue weighted by molar-refractivity contribution is 5.95. The summed E-state index contributed by atoms with van der Waals surface area (Å²) in [5.41, 5.74) is 8.64. The lowest BCUT2D eigenvalue weighted by atomic mass is 9.94. The Hall–Kier alpha value is -1.85. The Bertz CT molecular complexity index is 705. The predicted octanol–water partition coefficient (Wildman–Crippen LogP) is 3.42.